The fourth-order valence-electron chi connectivity index (χ4n) is 0.948. The molecule has 1 rings (SSSR count). The first-order chi connectivity index (χ1) is 6.49. The average molecular weight is 252 g/mol. The Morgan fingerprint density at radius 1 is 1.40 bits per heavy atom. The van der Waals surface area contributed by atoms with Crippen LogP contribution in [0.5, 0.6) is 0 Å². The highest BCUT2D eigenvalue weighted by molar-refractivity contribution is 7.91. The average Bonchev–Trinajstić information content (AvgIpc) is 2.02. The van der Waals surface area contributed by atoms with Crippen molar-refractivity contribution in [3.8, 4) is 0 Å². The molecular weight excluding hydrogens is 242 g/mol. The van der Waals surface area contributed by atoms with Crippen LogP contribution in [-0.4, -0.2) is 30.2 Å². The Morgan fingerprint density at radius 3 is 2.53 bits per heavy atom. The molecule has 0 saturated carbocycles. The molecule has 0 spiro atoms. The molecule has 15 heavy (non-hydrogen) atoms. The first-order valence-electron chi connectivity index (χ1n) is 3.82. The van der Waals surface area contributed by atoms with Gasteiger partial charge in [-0.2, -0.15) is 0 Å². The molecular formula is C8H10ClNO4S. The number of aromatic nitrogens is 1. The van der Waals surface area contributed by atoms with Crippen molar-refractivity contribution in [1.82, 2.24) is 4.98 Å². The van der Waals surface area contributed by atoms with Crippen molar-refractivity contribution in [2.45, 2.75) is 5.75 Å². The number of pyridine rings is 1. The van der Waals surface area contributed by atoms with Gasteiger partial charge in [0.05, 0.1) is 11.4 Å². The number of sulfone groups is 1. The smallest absolute Gasteiger partial charge is 0.318 e. The second-order valence-electron chi connectivity index (χ2n) is 2.75. The predicted molar refractivity (Wildman–Crippen MR) is 56.6 cm³/mol. The lowest BCUT2D eigenvalue weighted by atomic mass is 10.4. The van der Waals surface area contributed by atoms with Gasteiger partial charge in [0.25, 0.3) is 0 Å². The van der Waals surface area contributed by atoms with Crippen LogP contribution in [0.15, 0.2) is 24.4 Å². The normalized spacial score (nSPS) is 10.4. The number of hydrogen-bond donors (Lipinski definition) is 1. The molecule has 1 aromatic rings. The molecule has 1 N–H and O–H groups in total. The fourth-order valence-corrected chi connectivity index (χ4v) is 2.05. The van der Waals surface area contributed by atoms with Crippen LogP contribution in [0.4, 0.5) is 0 Å². The number of carboxylic acid groups (broad SMARTS) is 1. The van der Waals surface area contributed by atoms with Crippen LogP contribution in [0.25, 0.3) is 0 Å². The summed E-state index contributed by atoms with van der Waals surface area (Å²) in [5.74, 6) is -2.54. The first kappa shape index (κ1) is 13.9. The maximum Gasteiger partial charge on any atom is 0.318 e. The number of carbonyl (C=O) groups is 1. The van der Waals surface area contributed by atoms with Gasteiger partial charge < -0.3 is 5.11 Å². The largest absolute Gasteiger partial charge is 0.480 e. The van der Waals surface area contributed by atoms with E-state index in [1.165, 1.54) is 6.20 Å². The van der Waals surface area contributed by atoms with Crippen LogP contribution in [0.1, 0.15) is 5.69 Å². The molecule has 0 unspecified atom stereocenters. The SMILES string of the molecule is Cl.O=C(O)CS(=O)(=O)Cc1ccccn1. The standard InChI is InChI=1S/C8H9NO4S.ClH/c10-8(11)6-14(12,13)5-7-3-1-2-4-9-7;/h1-4H,5-6H2,(H,10,11);1H. The van der Waals surface area contributed by atoms with Crippen molar-refractivity contribution in [3.63, 3.8) is 0 Å². The van der Waals surface area contributed by atoms with Gasteiger partial charge in [0.2, 0.25) is 0 Å². The Balaban J connectivity index is 0.00000196. The summed E-state index contributed by atoms with van der Waals surface area (Å²) in [7, 11) is -3.60. The van der Waals surface area contributed by atoms with Crippen molar-refractivity contribution in [3.05, 3.63) is 30.1 Å². The highest BCUT2D eigenvalue weighted by Crippen LogP contribution is 2.02. The molecule has 0 radical (unpaired) electrons. The van der Waals surface area contributed by atoms with E-state index in [0.717, 1.165) is 0 Å². The van der Waals surface area contributed by atoms with Crippen molar-refractivity contribution < 1.29 is 18.3 Å². The minimum Gasteiger partial charge on any atom is -0.480 e. The number of aliphatic carboxylic acids is 1. The molecule has 84 valence electrons. The topological polar surface area (TPSA) is 84.3 Å². The van der Waals surface area contributed by atoms with E-state index in [0.29, 0.717) is 5.69 Å². The van der Waals surface area contributed by atoms with Gasteiger partial charge in [-0.1, -0.05) is 6.07 Å². The first-order valence-corrected chi connectivity index (χ1v) is 5.64. The quantitative estimate of drug-likeness (QED) is 0.843. The molecule has 0 bridgehead atoms. The van der Waals surface area contributed by atoms with Crippen molar-refractivity contribution >= 4 is 28.2 Å². The van der Waals surface area contributed by atoms with Crippen LogP contribution >= 0.6 is 12.4 Å². The zero-order chi connectivity index (χ0) is 10.6. The molecule has 0 fully saturated rings. The van der Waals surface area contributed by atoms with Crippen molar-refractivity contribution in [2.75, 3.05) is 5.75 Å². The Kier molecular flexibility index (Phi) is 5.24. The van der Waals surface area contributed by atoms with Gasteiger partial charge in [-0.15, -0.1) is 12.4 Å². The van der Waals surface area contributed by atoms with Crippen LogP contribution in [0.2, 0.25) is 0 Å². The summed E-state index contributed by atoms with van der Waals surface area (Å²) < 4.78 is 22.4. The highest BCUT2D eigenvalue weighted by Gasteiger charge is 2.16. The molecule has 1 aromatic heterocycles. The molecule has 5 nitrogen and oxygen atoms in total. The summed E-state index contributed by atoms with van der Waals surface area (Å²) >= 11 is 0. The third-order valence-corrected chi connectivity index (χ3v) is 2.86. The molecule has 1 heterocycles. The van der Waals surface area contributed by atoms with E-state index in [4.69, 9.17) is 5.11 Å². The maximum atomic E-state index is 11.2. The molecule has 0 aliphatic heterocycles. The van der Waals surface area contributed by atoms with Gasteiger partial charge >= 0.3 is 5.97 Å². The number of carboxylic acids is 1. The molecule has 0 amide bonds. The van der Waals surface area contributed by atoms with Gasteiger partial charge in [0, 0.05) is 6.20 Å². The number of nitrogens with zero attached hydrogens (tertiary/aromatic N) is 1. The monoisotopic (exact) mass is 251 g/mol. The number of rotatable bonds is 4. The van der Waals surface area contributed by atoms with Crippen LogP contribution < -0.4 is 0 Å². The second-order valence-corrected chi connectivity index (χ2v) is 4.81. The van der Waals surface area contributed by atoms with Crippen LogP contribution in [-0.2, 0) is 20.4 Å². The van der Waals surface area contributed by atoms with E-state index in [1.54, 1.807) is 18.2 Å². The Morgan fingerprint density at radius 2 is 2.07 bits per heavy atom. The number of halogens is 1. The summed E-state index contributed by atoms with van der Waals surface area (Å²) in [6, 6.07) is 4.85. The molecule has 0 aromatic carbocycles. The Bertz CT molecular complexity index is 418. The molecule has 0 aliphatic rings. The molecule has 0 saturated heterocycles. The molecule has 7 heteroatoms. The summed E-state index contributed by atoms with van der Waals surface area (Å²) in [5.41, 5.74) is 0.355. The fraction of sp³-hybridized carbons (Fsp3) is 0.250. The van der Waals surface area contributed by atoms with E-state index in [9.17, 15) is 13.2 Å². The third-order valence-electron chi connectivity index (χ3n) is 1.44. The van der Waals surface area contributed by atoms with E-state index in [1.807, 2.05) is 0 Å². The minimum absolute atomic E-state index is 0. The van der Waals surface area contributed by atoms with E-state index < -0.39 is 21.6 Å². The summed E-state index contributed by atoms with van der Waals surface area (Å²) in [6.07, 6.45) is 1.46. The zero-order valence-electron chi connectivity index (χ0n) is 7.66. The predicted octanol–water partition coefficient (Wildman–Crippen LogP) is 0.503. The Labute approximate surface area is 93.5 Å². The van der Waals surface area contributed by atoms with Crippen molar-refractivity contribution in [1.29, 1.82) is 0 Å². The minimum atomic E-state index is -3.60. The molecule has 0 atom stereocenters. The Hall–Kier alpha value is -1.14. The van der Waals surface area contributed by atoms with Crippen molar-refractivity contribution in [2.24, 2.45) is 0 Å². The van der Waals surface area contributed by atoms with Gasteiger partial charge in [0.1, 0.15) is 5.75 Å². The van der Waals surface area contributed by atoms with Crippen LogP contribution in [0.3, 0.4) is 0 Å². The lowest BCUT2D eigenvalue weighted by Gasteiger charge is -1.99. The molecule has 0 aliphatic carbocycles. The lowest BCUT2D eigenvalue weighted by Crippen LogP contribution is -2.17. The van der Waals surface area contributed by atoms with E-state index in [2.05, 4.69) is 4.98 Å². The highest BCUT2D eigenvalue weighted by atomic mass is 35.5. The zero-order valence-corrected chi connectivity index (χ0v) is 9.29. The summed E-state index contributed by atoms with van der Waals surface area (Å²) in [6.45, 7) is 0. The van der Waals surface area contributed by atoms with Gasteiger partial charge in [-0.3, -0.25) is 9.78 Å². The third kappa shape index (κ3) is 5.34. The van der Waals surface area contributed by atoms with Gasteiger partial charge in [-0.25, -0.2) is 8.42 Å². The van der Waals surface area contributed by atoms with E-state index >= 15 is 0 Å². The second kappa shape index (κ2) is 5.67. The van der Waals surface area contributed by atoms with Gasteiger partial charge in [0.15, 0.2) is 9.84 Å². The van der Waals surface area contributed by atoms with Crippen LogP contribution in [0, 0.1) is 0 Å². The lowest BCUT2D eigenvalue weighted by molar-refractivity contribution is -0.134. The summed E-state index contributed by atoms with van der Waals surface area (Å²) in [4.78, 5) is 14.0. The van der Waals surface area contributed by atoms with Gasteiger partial charge in [-0.05, 0) is 12.1 Å². The number of hydrogen-bond acceptors (Lipinski definition) is 4. The maximum absolute atomic E-state index is 11.2. The summed E-state index contributed by atoms with van der Waals surface area (Å²) in [5, 5.41) is 8.33. The van der Waals surface area contributed by atoms with E-state index in [-0.39, 0.29) is 18.2 Å².